The fraction of sp³-hybridized carbons (Fsp3) is 0.529. The van der Waals surface area contributed by atoms with Gasteiger partial charge in [0.25, 0.3) is 0 Å². The molecule has 1 aromatic carbocycles. The molecule has 104 valence electrons. The van der Waals surface area contributed by atoms with Crippen molar-refractivity contribution in [1.82, 2.24) is 5.32 Å². The summed E-state index contributed by atoms with van der Waals surface area (Å²) in [6.45, 7) is 11.9. The minimum atomic E-state index is 0.719. The molecule has 2 rings (SSSR count). The third-order valence-electron chi connectivity index (χ3n) is 3.47. The fourth-order valence-electron chi connectivity index (χ4n) is 2.25. The quantitative estimate of drug-likeness (QED) is 0.750. The number of hydrogen-bond donors (Lipinski definition) is 1. The highest BCUT2D eigenvalue weighted by Crippen LogP contribution is 2.26. The number of ether oxygens (including phenoxy) is 1. The smallest absolute Gasteiger partial charge is 0.125 e. The van der Waals surface area contributed by atoms with Gasteiger partial charge in [-0.1, -0.05) is 17.7 Å². The van der Waals surface area contributed by atoms with Crippen LogP contribution in [0.1, 0.15) is 42.9 Å². The van der Waals surface area contributed by atoms with Crippen molar-refractivity contribution in [2.45, 2.75) is 52.6 Å². The minimum Gasteiger partial charge on any atom is -0.493 e. The number of aryl methyl sites for hydroxylation is 2. The van der Waals surface area contributed by atoms with E-state index in [9.17, 15) is 0 Å². The van der Waals surface area contributed by atoms with E-state index in [-0.39, 0.29) is 0 Å². The standard InChI is InChI=1S/C17H25NO/c1-12(2)7-8-19-17-13(3)9-15(10-14(17)4)11-18-16-5-6-16/h9-10,16,18H,1,5-8,11H2,2-4H3. The van der Waals surface area contributed by atoms with Crippen molar-refractivity contribution in [2.24, 2.45) is 0 Å². The summed E-state index contributed by atoms with van der Waals surface area (Å²) in [7, 11) is 0. The van der Waals surface area contributed by atoms with Crippen LogP contribution in [0.3, 0.4) is 0 Å². The second kappa shape index (κ2) is 6.25. The first-order chi connectivity index (χ1) is 9.06. The molecule has 0 amide bonds. The molecule has 0 bridgehead atoms. The maximum Gasteiger partial charge on any atom is 0.125 e. The highest BCUT2D eigenvalue weighted by atomic mass is 16.5. The van der Waals surface area contributed by atoms with Crippen LogP contribution in [0.4, 0.5) is 0 Å². The molecule has 2 heteroatoms. The molecule has 1 N–H and O–H groups in total. The van der Waals surface area contributed by atoms with Crippen molar-refractivity contribution in [2.75, 3.05) is 6.61 Å². The molecule has 0 heterocycles. The molecule has 1 saturated carbocycles. The first-order valence-electron chi connectivity index (χ1n) is 7.17. The number of nitrogens with one attached hydrogen (secondary N) is 1. The Labute approximate surface area is 116 Å². The molecule has 0 aliphatic heterocycles. The number of benzene rings is 1. The van der Waals surface area contributed by atoms with E-state index in [1.807, 2.05) is 6.92 Å². The van der Waals surface area contributed by atoms with Crippen LogP contribution in [-0.4, -0.2) is 12.6 Å². The van der Waals surface area contributed by atoms with Crippen molar-refractivity contribution in [3.8, 4) is 5.75 Å². The van der Waals surface area contributed by atoms with Crippen LogP contribution in [0.15, 0.2) is 24.3 Å². The van der Waals surface area contributed by atoms with Crippen molar-refractivity contribution in [3.63, 3.8) is 0 Å². The van der Waals surface area contributed by atoms with Gasteiger partial charge >= 0.3 is 0 Å². The van der Waals surface area contributed by atoms with E-state index >= 15 is 0 Å². The molecule has 0 unspecified atom stereocenters. The molecule has 1 aliphatic carbocycles. The molecule has 0 atom stereocenters. The van der Waals surface area contributed by atoms with Gasteiger partial charge in [0, 0.05) is 19.0 Å². The third kappa shape index (κ3) is 4.39. The van der Waals surface area contributed by atoms with Gasteiger partial charge in [0.05, 0.1) is 6.61 Å². The predicted molar refractivity (Wildman–Crippen MR) is 80.7 cm³/mol. The largest absolute Gasteiger partial charge is 0.493 e. The van der Waals surface area contributed by atoms with E-state index in [1.165, 1.54) is 35.1 Å². The van der Waals surface area contributed by atoms with Gasteiger partial charge in [-0.2, -0.15) is 0 Å². The van der Waals surface area contributed by atoms with Gasteiger partial charge in [0.1, 0.15) is 5.75 Å². The SMILES string of the molecule is C=C(C)CCOc1c(C)cc(CNC2CC2)cc1C. The lowest BCUT2D eigenvalue weighted by Crippen LogP contribution is -2.15. The van der Waals surface area contributed by atoms with Gasteiger partial charge in [-0.3, -0.25) is 0 Å². The fourth-order valence-corrected chi connectivity index (χ4v) is 2.25. The first-order valence-corrected chi connectivity index (χ1v) is 7.17. The van der Waals surface area contributed by atoms with E-state index < -0.39 is 0 Å². The zero-order valence-corrected chi connectivity index (χ0v) is 12.4. The van der Waals surface area contributed by atoms with Crippen LogP contribution in [0, 0.1) is 13.8 Å². The molecular formula is C17H25NO. The molecule has 1 aliphatic rings. The molecule has 0 radical (unpaired) electrons. The van der Waals surface area contributed by atoms with Crippen molar-refractivity contribution in [1.29, 1.82) is 0 Å². The minimum absolute atomic E-state index is 0.719. The Morgan fingerprint density at radius 1 is 1.32 bits per heavy atom. The second-order valence-electron chi connectivity index (χ2n) is 5.77. The summed E-state index contributed by atoms with van der Waals surface area (Å²) in [6.07, 6.45) is 3.59. The highest BCUT2D eigenvalue weighted by molar-refractivity contribution is 5.43. The molecule has 0 saturated heterocycles. The lowest BCUT2D eigenvalue weighted by atomic mass is 10.1. The van der Waals surface area contributed by atoms with Gasteiger partial charge in [-0.05, 0) is 50.3 Å². The average molecular weight is 259 g/mol. The van der Waals surface area contributed by atoms with Crippen molar-refractivity contribution >= 4 is 0 Å². The lowest BCUT2D eigenvalue weighted by molar-refractivity contribution is 0.317. The molecule has 1 fully saturated rings. The Morgan fingerprint density at radius 3 is 2.47 bits per heavy atom. The van der Waals surface area contributed by atoms with Crippen LogP contribution >= 0.6 is 0 Å². The molecule has 0 aromatic heterocycles. The summed E-state index contributed by atoms with van der Waals surface area (Å²) in [4.78, 5) is 0. The summed E-state index contributed by atoms with van der Waals surface area (Å²) in [5.74, 6) is 1.04. The highest BCUT2D eigenvalue weighted by Gasteiger charge is 2.20. The molecule has 2 nitrogen and oxygen atoms in total. The Morgan fingerprint density at radius 2 is 1.95 bits per heavy atom. The maximum absolute atomic E-state index is 5.89. The Bertz CT molecular complexity index is 437. The predicted octanol–water partition coefficient (Wildman–Crippen LogP) is 3.90. The van der Waals surface area contributed by atoms with Crippen LogP contribution in [-0.2, 0) is 6.54 Å². The van der Waals surface area contributed by atoms with E-state index in [0.29, 0.717) is 0 Å². The summed E-state index contributed by atoms with van der Waals surface area (Å²) < 4.78 is 5.89. The van der Waals surface area contributed by atoms with Gasteiger partial charge in [0.15, 0.2) is 0 Å². The van der Waals surface area contributed by atoms with Gasteiger partial charge < -0.3 is 10.1 Å². The van der Waals surface area contributed by atoms with Crippen LogP contribution in [0.25, 0.3) is 0 Å². The molecule has 0 spiro atoms. The van der Waals surface area contributed by atoms with Crippen LogP contribution in [0.2, 0.25) is 0 Å². The summed E-state index contributed by atoms with van der Waals surface area (Å²) in [5, 5.41) is 3.55. The number of hydrogen-bond acceptors (Lipinski definition) is 2. The van der Waals surface area contributed by atoms with Gasteiger partial charge in [-0.25, -0.2) is 0 Å². The molecule has 1 aromatic rings. The summed E-state index contributed by atoms with van der Waals surface area (Å²) in [5.41, 5.74) is 4.98. The van der Waals surface area contributed by atoms with Gasteiger partial charge in [-0.15, -0.1) is 6.58 Å². The average Bonchev–Trinajstić information content (AvgIpc) is 3.13. The first kappa shape index (κ1) is 14.1. The van der Waals surface area contributed by atoms with Crippen molar-refractivity contribution in [3.05, 3.63) is 41.0 Å². The third-order valence-corrected chi connectivity index (χ3v) is 3.47. The maximum atomic E-state index is 5.89. The normalized spacial score (nSPS) is 14.5. The van der Waals surface area contributed by atoms with Crippen LogP contribution < -0.4 is 10.1 Å². The zero-order valence-electron chi connectivity index (χ0n) is 12.4. The number of rotatable bonds is 7. The van der Waals surface area contributed by atoms with E-state index in [4.69, 9.17) is 4.74 Å². The molecule has 19 heavy (non-hydrogen) atoms. The van der Waals surface area contributed by atoms with E-state index in [0.717, 1.165) is 31.4 Å². The van der Waals surface area contributed by atoms with Crippen molar-refractivity contribution < 1.29 is 4.74 Å². The zero-order chi connectivity index (χ0) is 13.8. The summed E-state index contributed by atoms with van der Waals surface area (Å²) >= 11 is 0. The van der Waals surface area contributed by atoms with Crippen LogP contribution in [0.5, 0.6) is 5.75 Å². The second-order valence-corrected chi connectivity index (χ2v) is 5.77. The Balaban J connectivity index is 1.96. The molecular weight excluding hydrogens is 234 g/mol. The van der Waals surface area contributed by atoms with E-state index in [1.54, 1.807) is 0 Å². The van der Waals surface area contributed by atoms with E-state index in [2.05, 4.69) is 37.9 Å². The van der Waals surface area contributed by atoms with Gasteiger partial charge in [0.2, 0.25) is 0 Å². The monoisotopic (exact) mass is 259 g/mol. The topological polar surface area (TPSA) is 21.3 Å². The lowest BCUT2D eigenvalue weighted by Gasteiger charge is -2.14. The summed E-state index contributed by atoms with van der Waals surface area (Å²) in [6, 6.07) is 5.23. The Kier molecular flexibility index (Phi) is 4.65. The Hall–Kier alpha value is -1.28.